The maximum absolute atomic E-state index is 11.7. The monoisotopic (exact) mass is 364 g/mol. The van der Waals surface area contributed by atoms with E-state index in [0.29, 0.717) is 24.4 Å². The second-order valence-corrected chi connectivity index (χ2v) is 5.99. The largest absolute Gasteiger partial charge is 0.476 e. The molecule has 2 aromatic rings. The highest BCUT2D eigenvalue weighted by molar-refractivity contribution is 7.09. The van der Waals surface area contributed by atoms with Crippen molar-refractivity contribution in [3.63, 3.8) is 0 Å². The van der Waals surface area contributed by atoms with Gasteiger partial charge in [-0.15, -0.1) is 11.3 Å². The topological polar surface area (TPSA) is 134 Å². The standard InChI is InChI=1S/C15H16N4O5S/c20-13(17-8-14-18-12(9-25-14)15(21)22)2-1-7-16-10-3-5-11(6-4-10)19(23)24/h3-6,9,16H,1-2,7-8H2,(H,17,20)(H,21,22). The summed E-state index contributed by atoms with van der Waals surface area (Å²) in [5.74, 6) is -1.25. The van der Waals surface area contributed by atoms with Crippen molar-refractivity contribution in [3.8, 4) is 0 Å². The van der Waals surface area contributed by atoms with E-state index in [9.17, 15) is 19.7 Å². The van der Waals surface area contributed by atoms with Crippen molar-refractivity contribution in [2.24, 2.45) is 0 Å². The number of hydrogen-bond donors (Lipinski definition) is 3. The van der Waals surface area contributed by atoms with Gasteiger partial charge < -0.3 is 15.7 Å². The molecule has 25 heavy (non-hydrogen) atoms. The fourth-order valence-corrected chi connectivity index (χ4v) is 2.64. The Balaban J connectivity index is 1.64. The van der Waals surface area contributed by atoms with Crippen LogP contribution < -0.4 is 10.6 Å². The number of nitro benzene ring substituents is 1. The molecule has 0 bridgehead atoms. The van der Waals surface area contributed by atoms with Crippen molar-refractivity contribution in [2.45, 2.75) is 19.4 Å². The summed E-state index contributed by atoms with van der Waals surface area (Å²) in [5, 5.41) is 27.1. The van der Waals surface area contributed by atoms with Gasteiger partial charge in [0.25, 0.3) is 5.69 Å². The summed E-state index contributed by atoms with van der Waals surface area (Å²) in [6.45, 7) is 0.748. The van der Waals surface area contributed by atoms with E-state index in [0.717, 1.165) is 5.69 Å². The summed E-state index contributed by atoms with van der Waals surface area (Å²) in [5.41, 5.74) is 0.745. The first-order valence-corrected chi connectivity index (χ1v) is 8.26. The van der Waals surface area contributed by atoms with E-state index in [-0.39, 0.29) is 23.8 Å². The number of carbonyl (C=O) groups is 2. The molecule has 9 nitrogen and oxygen atoms in total. The summed E-state index contributed by atoms with van der Waals surface area (Å²) in [7, 11) is 0. The number of anilines is 1. The molecular formula is C15H16N4O5S. The summed E-state index contributed by atoms with van der Waals surface area (Å²) >= 11 is 1.18. The number of benzene rings is 1. The first kappa shape index (κ1) is 18.3. The zero-order valence-corrected chi connectivity index (χ0v) is 13.9. The van der Waals surface area contributed by atoms with Gasteiger partial charge in [-0.25, -0.2) is 9.78 Å². The fourth-order valence-electron chi connectivity index (χ4n) is 1.94. The number of non-ortho nitro benzene ring substituents is 1. The van der Waals surface area contributed by atoms with Crippen molar-refractivity contribution in [1.29, 1.82) is 0 Å². The van der Waals surface area contributed by atoms with E-state index in [2.05, 4.69) is 15.6 Å². The van der Waals surface area contributed by atoms with Gasteiger partial charge in [-0.1, -0.05) is 0 Å². The van der Waals surface area contributed by atoms with Crippen LogP contribution in [0.25, 0.3) is 0 Å². The third-order valence-corrected chi connectivity index (χ3v) is 4.04. The van der Waals surface area contributed by atoms with Crippen molar-refractivity contribution in [2.75, 3.05) is 11.9 Å². The molecule has 0 unspecified atom stereocenters. The number of nitro groups is 1. The summed E-state index contributed by atoms with van der Waals surface area (Å²) in [4.78, 5) is 36.4. The number of carboxylic acid groups (broad SMARTS) is 1. The Hall–Kier alpha value is -3.01. The van der Waals surface area contributed by atoms with E-state index < -0.39 is 10.9 Å². The Labute approximate surface area is 146 Å². The van der Waals surface area contributed by atoms with Gasteiger partial charge in [-0.05, 0) is 18.6 Å². The Morgan fingerprint density at radius 3 is 2.60 bits per heavy atom. The molecule has 10 heteroatoms. The molecular weight excluding hydrogens is 348 g/mol. The number of thiazole rings is 1. The lowest BCUT2D eigenvalue weighted by Crippen LogP contribution is -2.23. The lowest BCUT2D eigenvalue weighted by Gasteiger charge is -2.06. The second kappa shape index (κ2) is 8.73. The third kappa shape index (κ3) is 5.84. The molecule has 1 heterocycles. The third-order valence-electron chi connectivity index (χ3n) is 3.20. The van der Waals surface area contributed by atoms with Crippen LogP contribution in [-0.2, 0) is 11.3 Å². The molecule has 1 aromatic heterocycles. The second-order valence-electron chi connectivity index (χ2n) is 5.04. The number of nitrogens with zero attached hydrogens (tertiary/aromatic N) is 2. The van der Waals surface area contributed by atoms with Crippen LogP contribution >= 0.6 is 11.3 Å². The molecule has 0 aliphatic carbocycles. The number of carbonyl (C=O) groups excluding carboxylic acids is 1. The van der Waals surface area contributed by atoms with Crippen LogP contribution in [0.15, 0.2) is 29.6 Å². The van der Waals surface area contributed by atoms with Crippen LogP contribution in [-0.4, -0.2) is 33.4 Å². The van der Waals surface area contributed by atoms with E-state index in [1.54, 1.807) is 12.1 Å². The molecule has 0 aliphatic heterocycles. The Kier molecular flexibility index (Phi) is 6.40. The normalized spacial score (nSPS) is 10.2. The van der Waals surface area contributed by atoms with Crippen LogP contribution in [0.3, 0.4) is 0 Å². The molecule has 132 valence electrons. The molecule has 1 amide bonds. The molecule has 0 aliphatic rings. The van der Waals surface area contributed by atoms with Crippen LogP contribution in [0, 0.1) is 10.1 Å². The minimum atomic E-state index is -1.09. The number of nitrogens with one attached hydrogen (secondary N) is 2. The predicted molar refractivity (Wildman–Crippen MR) is 91.7 cm³/mol. The highest BCUT2D eigenvalue weighted by atomic mass is 32.1. The number of carboxylic acids is 1. The van der Waals surface area contributed by atoms with E-state index in [1.165, 1.54) is 28.8 Å². The summed E-state index contributed by atoms with van der Waals surface area (Å²) in [6, 6.07) is 6.05. The van der Waals surface area contributed by atoms with Crippen molar-refractivity contribution in [3.05, 3.63) is 50.5 Å². The van der Waals surface area contributed by atoms with Crippen LogP contribution in [0.5, 0.6) is 0 Å². The van der Waals surface area contributed by atoms with Gasteiger partial charge in [0.1, 0.15) is 5.01 Å². The van der Waals surface area contributed by atoms with Gasteiger partial charge >= 0.3 is 5.97 Å². The highest BCUT2D eigenvalue weighted by Gasteiger charge is 2.09. The van der Waals surface area contributed by atoms with E-state index in [1.807, 2.05) is 0 Å². The predicted octanol–water partition coefficient (Wildman–Crippen LogP) is 2.26. The van der Waals surface area contributed by atoms with Crippen LogP contribution in [0.2, 0.25) is 0 Å². The lowest BCUT2D eigenvalue weighted by molar-refractivity contribution is -0.384. The molecule has 0 saturated heterocycles. The average molecular weight is 364 g/mol. The minimum Gasteiger partial charge on any atom is -0.476 e. The van der Waals surface area contributed by atoms with Gasteiger partial charge in [0.15, 0.2) is 5.69 Å². The zero-order chi connectivity index (χ0) is 18.2. The van der Waals surface area contributed by atoms with Gasteiger partial charge in [-0.3, -0.25) is 14.9 Å². The first-order valence-electron chi connectivity index (χ1n) is 7.38. The van der Waals surface area contributed by atoms with Crippen molar-refractivity contribution >= 4 is 34.6 Å². The number of aromatic nitrogens is 1. The van der Waals surface area contributed by atoms with E-state index >= 15 is 0 Å². The Bertz CT molecular complexity index is 760. The first-order chi connectivity index (χ1) is 12.0. The smallest absolute Gasteiger partial charge is 0.355 e. The minimum absolute atomic E-state index is 0.0261. The molecule has 0 fully saturated rings. The number of rotatable bonds is 9. The average Bonchev–Trinajstić information content (AvgIpc) is 3.06. The Morgan fingerprint density at radius 1 is 1.28 bits per heavy atom. The lowest BCUT2D eigenvalue weighted by atomic mass is 10.2. The molecule has 0 radical (unpaired) electrons. The summed E-state index contributed by atoms with van der Waals surface area (Å²) < 4.78 is 0. The number of amides is 1. The maximum atomic E-state index is 11.7. The molecule has 3 N–H and O–H groups in total. The molecule has 0 atom stereocenters. The molecule has 0 saturated carbocycles. The van der Waals surface area contributed by atoms with Crippen molar-refractivity contribution in [1.82, 2.24) is 10.3 Å². The van der Waals surface area contributed by atoms with Crippen molar-refractivity contribution < 1.29 is 19.6 Å². The number of hydrogen-bond acceptors (Lipinski definition) is 7. The van der Waals surface area contributed by atoms with Crippen LogP contribution in [0.4, 0.5) is 11.4 Å². The SMILES string of the molecule is O=C(CCCNc1ccc([N+](=O)[O-])cc1)NCc1nc(C(=O)O)cs1. The van der Waals surface area contributed by atoms with Gasteiger partial charge in [0.2, 0.25) is 5.91 Å². The molecule has 0 spiro atoms. The van der Waals surface area contributed by atoms with Gasteiger partial charge in [0.05, 0.1) is 11.5 Å². The fraction of sp³-hybridized carbons (Fsp3) is 0.267. The maximum Gasteiger partial charge on any atom is 0.355 e. The van der Waals surface area contributed by atoms with Gasteiger partial charge in [0, 0.05) is 36.2 Å². The summed E-state index contributed by atoms with van der Waals surface area (Å²) in [6.07, 6.45) is 0.887. The highest BCUT2D eigenvalue weighted by Crippen LogP contribution is 2.15. The quantitative estimate of drug-likeness (QED) is 0.353. The Morgan fingerprint density at radius 2 is 2.00 bits per heavy atom. The number of aromatic carboxylic acids is 1. The molecule has 1 aromatic carbocycles. The van der Waals surface area contributed by atoms with Crippen LogP contribution in [0.1, 0.15) is 28.3 Å². The molecule has 2 rings (SSSR count). The van der Waals surface area contributed by atoms with Gasteiger partial charge in [-0.2, -0.15) is 0 Å². The van der Waals surface area contributed by atoms with E-state index in [4.69, 9.17) is 5.11 Å². The zero-order valence-electron chi connectivity index (χ0n) is 13.1.